The number of nitrogens with one attached hydrogen (secondary N) is 1. The van der Waals surface area contributed by atoms with Gasteiger partial charge >= 0.3 is 0 Å². The Labute approximate surface area is 108 Å². The Morgan fingerprint density at radius 2 is 2.22 bits per heavy atom. The number of benzene rings is 1. The Morgan fingerprint density at radius 1 is 1.44 bits per heavy atom. The molecule has 1 aliphatic rings. The molecule has 18 heavy (non-hydrogen) atoms. The van der Waals surface area contributed by atoms with E-state index in [4.69, 9.17) is 0 Å². The highest BCUT2D eigenvalue weighted by Gasteiger charge is 2.27. The van der Waals surface area contributed by atoms with Crippen molar-refractivity contribution in [2.24, 2.45) is 0 Å². The quantitative estimate of drug-likeness (QED) is 0.820. The van der Waals surface area contributed by atoms with Gasteiger partial charge in [0.1, 0.15) is 6.04 Å². The van der Waals surface area contributed by atoms with Crippen molar-refractivity contribution in [3.8, 4) is 0 Å². The molecular formula is C14H20N2O2. The number of aliphatic hydroxyl groups is 1. The van der Waals surface area contributed by atoms with Crippen LogP contribution in [-0.4, -0.2) is 36.8 Å². The Balaban J connectivity index is 2.35. The van der Waals surface area contributed by atoms with Crippen molar-refractivity contribution in [3.63, 3.8) is 0 Å². The maximum absolute atomic E-state index is 12.3. The first-order valence-electron chi connectivity index (χ1n) is 6.36. The molecule has 1 aromatic rings. The third-order valence-corrected chi connectivity index (χ3v) is 3.35. The van der Waals surface area contributed by atoms with Crippen molar-refractivity contribution in [3.05, 3.63) is 29.3 Å². The van der Waals surface area contributed by atoms with Crippen LogP contribution >= 0.6 is 0 Å². The lowest BCUT2D eigenvalue weighted by atomic mass is 10.1. The molecule has 1 aliphatic heterocycles. The average molecular weight is 248 g/mol. The van der Waals surface area contributed by atoms with Crippen LogP contribution in [0, 0.1) is 13.8 Å². The summed E-state index contributed by atoms with van der Waals surface area (Å²) in [5.41, 5.74) is 3.19. The largest absolute Gasteiger partial charge is 0.394 e. The molecule has 0 saturated carbocycles. The summed E-state index contributed by atoms with van der Waals surface area (Å²) in [6.07, 6.45) is 0.898. The van der Waals surface area contributed by atoms with Gasteiger partial charge in [-0.1, -0.05) is 12.1 Å². The monoisotopic (exact) mass is 248 g/mol. The van der Waals surface area contributed by atoms with Crippen molar-refractivity contribution in [1.82, 2.24) is 5.32 Å². The minimum absolute atomic E-state index is 0.0382. The van der Waals surface area contributed by atoms with Gasteiger partial charge in [0.05, 0.1) is 6.61 Å². The van der Waals surface area contributed by atoms with Crippen LogP contribution in [-0.2, 0) is 4.79 Å². The van der Waals surface area contributed by atoms with Crippen molar-refractivity contribution < 1.29 is 9.90 Å². The molecule has 4 heteroatoms. The molecule has 1 aromatic carbocycles. The van der Waals surface area contributed by atoms with E-state index in [-0.39, 0.29) is 12.5 Å². The van der Waals surface area contributed by atoms with E-state index in [0.29, 0.717) is 6.54 Å². The van der Waals surface area contributed by atoms with Crippen LogP contribution < -0.4 is 10.2 Å². The predicted octanol–water partition coefficient (Wildman–Crippen LogP) is 0.991. The lowest BCUT2D eigenvalue weighted by Gasteiger charge is -2.25. The maximum atomic E-state index is 12.3. The fourth-order valence-corrected chi connectivity index (χ4v) is 2.29. The van der Waals surface area contributed by atoms with Gasteiger partial charge in [0, 0.05) is 12.2 Å². The van der Waals surface area contributed by atoms with E-state index in [2.05, 4.69) is 5.32 Å². The minimum atomic E-state index is -0.479. The zero-order valence-electron chi connectivity index (χ0n) is 10.9. The maximum Gasteiger partial charge on any atom is 0.246 e. The van der Waals surface area contributed by atoms with Crippen molar-refractivity contribution in [2.75, 3.05) is 24.6 Å². The Bertz CT molecular complexity index is 445. The number of aliphatic hydroxyl groups excluding tert-OH is 1. The third-order valence-electron chi connectivity index (χ3n) is 3.35. The molecule has 0 bridgehead atoms. The number of rotatable bonds is 2. The van der Waals surface area contributed by atoms with E-state index in [1.165, 1.54) is 0 Å². The van der Waals surface area contributed by atoms with Crippen LogP contribution in [0.3, 0.4) is 0 Å². The molecular weight excluding hydrogens is 228 g/mol. The van der Waals surface area contributed by atoms with Crippen LogP contribution in [0.5, 0.6) is 0 Å². The van der Waals surface area contributed by atoms with E-state index in [1.54, 1.807) is 4.90 Å². The molecule has 2 rings (SSSR count). The van der Waals surface area contributed by atoms with E-state index < -0.39 is 6.04 Å². The van der Waals surface area contributed by atoms with Gasteiger partial charge in [-0.05, 0) is 44.0 Å². The van der Waals surface area contributed by atoms with E-state index >= 15 is 0 Å². The van der Waals surface area contributed by atoms with Gasteiger partial charge in [0.2, 0.25) is 5.91 Å². The summed E-state index contributed by atoms with van der Waals surface area (Å²) in [7, 11) is 0. The summed E-state index contributed by atoms with van der Waals surface area (Å²) >= 11 is 0. The summed E-state index contributed by atoms with van der Waals surface area (Å²) in [4.78, 5) is 14.1. The number of anilines is 1. The smallest absolute Gasteiger partial charge is 0.246 e. The highest BCUT2D eigenvalue weighted by atomic mass is 16.3. The van der Waals surface area contributed by atoms with E-state index in [0.717, 1.165) is 29.8 Å². The Morgan fingerprint density at radius 3 is 2.94 bits per heavy atom. The second kappa shape index (κ2) is 5.50. The number of nitrogens with zero attached hydrogens (tertiary/aromatic N) is 1. The molecule has 0 aliphatic carbocycles. The molecule has 98 valence electrons. The molecule has 0 spiro atoms. The van der Waals surface area contributed by atoms with Gasteiger partial charge in [-0.3, -0.25) is 4.79 Å². The molecule has 1 saturated heterocycles. The van der Waals surface area contributed by atoms with E-state index in [9.17, 15) is 9.90 Å². The number of amides is 1. The molecule has 0 radical (unpaired) electrons. The first kappa shape index (κ1) is 13.1. The fraction of sp³-hybridized carbons (Fsp3) is 0.500. The molecule has 1 fully saturated rings. The van der Waals surface area contributed by atoms with Gasteiger partial charge < -0.3 is 15.3 Å². The lowest BCUT2D eigenvalue weighted by Crippen LogP contribution is -2.46. The third kappa shape index (κ3) is 2.54. The standard InChI is InChI=1S/C14H20N2O2/c1-10-4-5-11(2)13(8-10)16-7-3-6-15-12(9-17)14(16)18/h4-5,8,12,15,17H,3,6-7,9H2,1-2H3. The predicted molar refractivity (Wildman–Crippen MR) is 71.8 cm³/mol. The number of carbonyl (C=O) groups excluding carboxylic acids is 1. The number of carbonyl (C=O) groups is 1. The number of hydrogen-bond donors (Lipinski definition) is 2. The van der Waals surface area contributed by atoms with Crippen molar-refractivity contribution in [2.45, 2.75) is 26.3 Å². The molecule has 1 unspecified atom stereocenters. The highest BCUT2D eigenvalue weighted by Crippen LogP contribution is 2.23. The van der Waals surface area contributed by atoms with Gasteiger partial charge in [-0.2, -0.15) is 0 Å². The summed E-state index contributed by atoms with van der Waals surface area (Å²) < 4.78 is 0. The first-order valence-corrected chi connectivity index (χ1v) is 6.36. The number of aryl methyl sites for hydroxylation is 2. The van der Waals surface area contributed by atoms with Crippen LogP contribution in [0.4, 0.5) is 5.69 Å². The second-order valence-electron chi connectivity index (χ2n) is 4.82. The van der Waals surface area contributed by atoms with Crippen LogP contribution in [0.2, 0.25) is 0 Å². The molecule has 1 heterocycles. The second-order valence-corrected chi connectivity index (χ2v) is 4.82. The lowest BCUT2D eigenvalue weighted by molar-refractivity contribution is -0.121. The number of hydrogen-bond acceptors (Lipinski definition) is 3. The Hall–Kier alpha value is -1.39. The average Bonchev–Trinajstić information content (AvgIpc) is 2.54. The molecule has 0 aromatic heterocycles. The summed E-state index contributed by atoms with van der Waals surface area (Å²) in [6, 6.07) is 5.63. The van der Waals surface area contributed by atoms with Crippen molar-refractivity contribution >= 4 is 11.6 Å². The molecule has 4 nitrogen and oxygen atoms in total. The zero-order chi connectivity index (χ0) is 13.1. The SMILES string of the molecule is Cc1ccc(C)c(N2CCCNC(CO)C2=O)c1. The molecule has 1 atom stereocenters. The topological polar surface area (TPSA) is 52.6 Å². The summed E-state index contributed by atoms with van der Waals surface area (Å²) in [5, 5.41) is 12.3. The Kier molecular flexibility index (Phi) is 3.99. The van der Waals surface area contributed by atoms with Crippen LogP contribution in [0.1, 0.15) is 17.5 Å². The van der Waals surface area contributed by atoms with Gasteiger partial charge in [-0.15, -0.1) is 0 Å². The summed E-state index contributed by atoms with van der Waals surface area (Å²) in [5.74, 6) is -0.0382. The van der Waals surface area contributed by atoms with Gasteiger partial charge in [0.15, 0.2) is 0 Å². The molecule has 2 N–H and O–H groups in total. The highest BCUT2D eigenvalue weighted by molar-refractivity contribution is 5.98. The fourth-order valence-electron chi connectivity index (χ4n) is 2.29. The molecule has 1 amide bonds. The van der Waals surface area contributed by atoms with Crippen molar-refractivity contribution in [1.29, 1.82) is 0 Å². The van der Waals surface area contributed by atoms with Crippen LogP contribution in [0.25, 0.3) is 0 Å². The van der Waals surface area contributed by atoms with E-state index in [1.807, 2.05) is 32.0 Å². The van der Waals surface area contributed by atoms with Gasteiger partial charge in [0.25, 0.3) is 0 Å². The van der Waals surface area contributed by atoms with Gasteiger partial charge in [-0.25, -0.2) is 0 Å². The zero-order valence-corrected chi connectivity index (χ0v) is 10.9. The normalized spacial score (nSPS) is 20.9. The van der Waals surface area contributed by atoms with Crippen LogP contribution in [0.15, 0.2) is 18.2 Å². The summed E-state index contributed by atoms with van der Waals surface area (Å²) in [6.45, 7) is 5.34. The minimum Gasteiger partial charge on any atom is -0.394 e. The first-order chi connectivity index (χ1) is 8.63.